The minimum Gasteiger partial charge on any atom is -0.349 e. The largest absolute Gasteiger partial charge is 0.349 e. The Bertz CT molecular complexity index is 505. The van der Waals surface area contributed by atoms with Gasteiger partial charge in [0.2, 0.25) is 5.91 Å². The highest BCUT2D eigenvalue weighted by molar-refractivity contribution is 7.11. The third-order valence-electron chi connectivity index (χ3n) is 4.67. The van der Waals surface area contributed by atoms with Crippen LogP contribution in [0.1, 0.15) is 49.0 Å². The first-order valence-corrected chi connectivity index (χ1v) is 8.23. The molecule has 2 saturated carbocycles. The molecule has 1 heterocycles. The lowest BCUT2D eigenvalue weighted by Gasteiger charge is -2.26. The molecule has 0 spiro atoms. The number of aromatic nitrogens is 2. The smallest absolute Gasteiger partial charge is 0.225 e. The van der Waals surface area contributed by atoms with Crippen LogP contribution in [0.5, 0.6) is 0 Å². The summed E-state index contributed by atoms with van der Waals surface area (Å²) in [6.45, 7) is 4.66. The van der Waals surface area contributed by atoms with E-state index < -0.39 is 0 Å². The van der Waals surface area contributed by atoms with Crippen LogP contribution < -0.4 is 11.1 Å². The van der Waals surface area contributed by atoms with Crippen molar-refractivity contribution in [3.05, 3.63) is 10.0 Å². The van der Waals surface area contributed by atoms with Gasteiger partial charge in [-0.15, -0.1) is 22.6 Å². The Hall–Kier alpha value is -0.720. The molecule has 1 aromatic heterocycles. The molecule has 0 aliphatic heterocycles. The fourth-order valence-corrected chi connectivity index (χ4v) is 4.36. The fraction of sp³-hybridized carbons (Fsp3) is 0.786. The van der Waals surface area contributed by atoms with Crippen LogP contribution in [0.25, 0.3) is 0 Å². The molecule has 2 aliphatic carbocycles. The van der Waals surface area contributed by atoms with E-state index in [1.54, 1.807) is 11.3 Å². The maximum absolute atomic E-state index is 12.3. The third kappa shape index (κ3) is 3.22. The van der Waals surface area contributed by atoms with Gasteiger partial charge >= 0.3 is 0 Å². The molecule has 0 radical (unpaired) electrons. The summed E-state index contributed by atoms with van der Waals surface area (Å²) in [6.07, 6.45) is 3.49. The lowest BCUT2D eigenvalue weighted by Crippen LogP contribution is -2.45. The Morgan fingerprint density at radius 2 is 2.10 bits per heavy atom. The van der Waals surface area contributed by atoms with E-state index in [0.717, 1.165) is 22.9 Å². The number of nitrogens with one attached hydrogen (secondary N) is 1. The second-order valence-electron chi connectivity index (χ2n) is 6.34. The fourth-order valence-electron chi connectivity index (χ4n) is 3.58. The molecular weight excluding hydrogens is 308 g/mol. The van der Waals surface area contributed by atoms with Crippen molar-refractivity contribution in [2.24, 2.45) is 23.5 Å². The van der Waals surface area contributed by atoms with E-state index in [1.165, 1.54) is 6.42 Å². The van der Waals surface area contributed by atoms with Crippen molar-refractivity contribution in [2.75, 3.05) is 0 Å². The normalized spacial score (nSPS) is 30.5. The predicted octanol–water partition coefficient (Wildman–Crippen LogP) is 2.07. The minimum absolute atomic E-state index is 0. The number of rotatable bonds is 4. The highest BCUT2D eigenvalue weighted by atomic mass is 35.5. The van der Waals surface area contributed by atoms with Crippen molar-refractivity contribution in [3.8, 4) is 0 Å². The van der Waals surface area contributed by atoms with Crippen molar-refractivity contribution >= 4 is 29.7 Å². The molecule has 2 fully saturated rings. The van der Waals surface area contributed by atoms with E-state index in [1.807, 2.05) is 0 Å². The number of hydrogen-bond donors (Lipinski definition) is 2. The van der Waals surface area contributed by atoms with Crippen LogP contribution in [-0.4, -0.2) is 22.1 Å². The number of nitrogens with two attached hydrogens (primary N) is 1. The average molecular weight is 331 g/mol. The van der Waals surface area contributed by atoms with Gasteiger partial charge in [-0.2, -0.15) is 0 Å². The van der Waals surface area contributed by atoms with E-state index in [0.29, 0.717) is 24.3 Å². The molecule has 3 rings (SSSR count). The van der Waals surface area contributed by atoms with Crippen molar-refractivity contribution in [1.29, 1.82) is 0 Å². The molecule has 4 unspecified atom stereocenters. The van der Waals surface area contributed by atoms with E-state index in [2.05, 4.69) is 29.4 Å². The van der Waals surface area contributed by atoms with E-state index >= 15 is 0 Å². The van der Waals surface area contributed by atoms with Crippen LogP contribution in [0, 0.1) is 17.8 Å². The van der Waals surface area contributed by atoms with Crippen molar-refractivity contribution in [1.82, 2.24) is 15.5 Å². The molecule has 1 amide bonds. The van der Waals surface area contributed by atoms with Gasteiger partial charge in [0, 0.05) is 12.0 Å². The summed E-state index contributed by atoms with van der Waals surface area (Å²) < 4.78 is 0. The first-order chi connectivity index (χ1) is 9.56. The lowest BCUT2D eigenvalue weighted by atomic mass is 9.84. The van der Waals surface area contributed by atoms with Crippen LogP contribution in [0.15, 0.2) is 0 Å². The third-order valence-corrected chi connectivity index (χ3v) is 5.90. The molecule has 2 aliphatic rings. The zero-order valence-electron chi connectivity index (χ0n) is 12.4. The van der Waals surface area contributed by atoms with Crippen molar-refractivity contribution in [2.45, 2.75) is 51.6 Å². The molecule has 0 saturated heterocycles. The Kier molecular flexibility index (Phi) is 5.22. The highest BCUT2D eigenvalue weighted by Gasteiger charge is 2.48. The molecule has 5 nitrogen and oxygen atoms in total. The summed E-state index contributed by atoms with van der Waals surface area (Å²) in [4.78, 5) is 12.3. The summed E-state index contributed by atoms with van der Waals surface area (Å²) in [6, 6.07) is 0.0504. The zero-order chi connectivity index (χ0) is 14.3. The molecule has 0 aromatic carbocycles. The first-order valence-electron chi connectivity index (χ1n) is 7.42. The predicted molar refractivity (Wildman–Crippen MR) is 85.4 cm³/mol. The quantitative estimate of drug-likeness (QED) is 0.885. The molecule has 7 heteroatoms. The Labute approximate surface area is 135 Å². The topological polar surface area (TPSA) is 80.9 Å². The zero-order valence-corrected chi connectivity index (χ0v) is 14.0. The van der Waals surface area contributed by atoms with E-state index in [9.17, 15) is 4.79 Å². The van der Waals surface area contributed by atoms with Crippen LogP contribution in [0.3, 0.4) is 0 Å². The standard InChI is InChI=1S/C14H22N4OS.ClH/c1-7(2)14-18-17-10(20-14)6-16-13(19)11-8-3-4-9(5-8)12(11)15;/h7-9,11-12H,3-6,15H2,1-2H3,(H,16,19);1H. The summed E-state index contributed by atoms with van der Waals surface area (Å²) >= 11 is 1.57. The SMILES string of the molecule is CC(C)c1nnc(CNC(=O)C2C3CCC(C3)C2N)s1.Cl. The number of carbonyl (C=O) groups excluding carboxylic acids is 1. The second-order valence-corrected chi connectivity index (χ2v) is 7.44. The number of halogens is 1. The van der Waals surface area contributed by atoms with Gasteiger partial charge in [-0.05, 0) is 31.1 Å². The molecular formula is C14H23ClN4OS. The summed E-state index contributed by atoms with van der Waals surface area (Å²) in [7, 11) is 0. The van der Waals surface area contributed by atoms with Gasteiger partial charge in [0.15, 0.2) is 0 Å². The molecule has 118 valence electrons. The Morgan fingerprint density at radius 3 is 2.67 bits per heavy atom. The molecule has 2 bridgehead atoms. The number of fused-ring (bicyclic) bond motifs is 2. The van der Waals surface area contributed by atoms with Gasteiger partial charge in [0.1, 0.15) is 10.0 Å². The van der Waals surface area contributed by atoms with Crippen LogP contribution in [-0.2, 0) is 11.3 Å². The Balaban J connectivity index is 0.00000161. The average Bonchev–Trinajstić information content (AvgIpc) is 3.11. The van der Waals surface area contributed by atoms with Gasteiger partial charge in [-0.3, -0.25) is 4.79 Å². The second kappa shape index (κ2) is 6.58. The van der Waals surface area contributed by atoms with Gasteiger partial charge in [-0.25, -0.2) is 0 Å². The van der Waals surface area contributed by atoms with Crippen LogP contribution >= 0.6 is 23.7 Å². The van der Waals surface area contributed by atoms with E-state index in [4.69, 9.17) is 5.73 Å². The van der Waals surface area contributed by atoms with Crippen LogP contribution in [0.2, 0.25) is 0 Å². The minimum atomic E-state index is 0. The maximum atomic E-state index is 12.3. The maximum Gasteiger partial charge on any atom is 0.225 e. The monoisotopic (exact) mass is 330 g/mol. The lowest BCUT2D eigenvalue weighted by molar-refractivity contribution is -0.127. The van der Waals surface area contributed by atoms with Gasteiger partial charge in [-0.1, -0.05) is 25.2 Å². The molecule has 4 atom stereocenters. The number of amides is 1. The number of nitrogens with zero attached hydrogens (tertiary/aromatic N) is 2. The van der Waals surface area contributed by atoms with Crippen molar-refractivity contribution in [3.63, 3.8) is 0 Å². The van der Waals surface area contributed by atoms with Gasteiger partial charge in [0.25, 0.3) is 0 Å². The molecule has 21 heavy (non-hydrogen) atoms. The van der Waals surface area contributed by atoms with Gasteiger partial charge < -0.3 is 11.1 Å². The Morgan fingerprint density at radius 1 is 1.38 bits per heavy atom. The molecule has 3 N–H and O–H groups in total. The van der Waals surface area contributed by atoms with Gasteiger partial charge in [0.05, 0.1) is 12.5 Å². The summed E-state index contributed by atoms with van der Waals surface area (Å²) in [5.41, 5.74) is 6.19. The number of carbonyl (C=O) groups is 1. The van der Waals surface area contributed by atoms with Crippen molar-refractivity contribution < 1.29 is 4.79 Å². The summed E-state index contributed by atoms with van der Waals surface area (Å²) in [5.74, 6) is 1.55. The van der Waals surface area contributed by atoms with E-state index in [-0.39, 0.29) is 30.3 Å². The van der Waals surface area contributed by atoms with Crippen LogP contribution in [0.4, 0.5) is 0 Å². The first kappa shape index (κ1) is 16.6. The summed E-state index contributed by atoms with van der Waals surface area (Å²) in [5, 5.41) is 13.2. The highest BCUT2D eigenvalue weighted by Crippen LogP contribution is 2.47. The molecule has 1 aromatic rings. The number of hydrogen-bond acceptors (Lipinski definition) is 5.